The van der Waals surface area contributed by atoms with Crippen LogP contribution in [0.4, 0.5) is 0 Å². The number of nitrogens with two attached hydrogens (primary N) is 1. The molecule has 7 atom stereocenters. The summed E-state index contributed by atoms with van der Waals surface area (Å²) in [6, 6.07) is 1.66. The highest BCUT2D eigenvalue weighted by molar-refractivity contribution is 5.95. The fourth-order valence-corrected chi connectivity index (χ4v) is 6.69. The van der Waals surface area contributed by atoms with Gasteiger partial charge in [0.1, 0.15) is 23.5 Å². The first-order chi connectivity index (χ1) is 24.7. The number of phenolic OH excluding ortho intramolecular Hbond substituents is 1. The second-order valence-electron chi connectivity index (χ2n) is 14.7. The van der Waals surface area contributed by atoms with Crippen molar-refractivity contribution in [2.24, 2.45) is 17.6 Å². The number of aromatic hydroxyl groups is 1. The number of hydrogen-bond donors (Lipinski definition) is 6. The molecule has 0 bridgehead atoms. The van der Waals surface area contributed by atoms with Crippen molar-refractivity contribution in [3.05, 3.63) is 29.3 Å². The van der Waals surface area contributed by atoms with Gasteiger partial charge in [-0.25, -0.2) is 4.79 Å². The van der Waals surface area contributed by atoms with Crippen molar-refractivity contribution >= 4 is 35.6 Å². The monoisotopic (exact) mass is 730 g/mol. The highest BCUT2D eigenvalue weighted by atomic mass is 16.6. The normalized spacial score (nSPS) is 20.5. The van der Waals surface area contributed by atoms with Gasteiger partial charge in [-0.05, 0) is 42.7 Å². The molecule has 0 aromatic heterocycles. The molecule has 1 aromatic carbocycles. The maximum atomic E-state index is 13.4. The Morgan fingerprint density at radius 2 is 1.60 bits per heavy atom. The number of nitrogens with one attached hydrogen (secondary N) is 3. The van der Waals surface area contributed by atoms with Crippen molar-refractivity contribution in [1.29, 1.82) is 0 Å². The van der Waals surface area contributed by atoms with Crippen LogP contribution in [0.2, 0.25) is 0 Å². The number of carbonyl (C=O) groups is 6. The number of esters is 2. The van der Waals surface area contributed by atoms with Crippen LogP contribution in [0, 0.1) is 11.8 Å². The van der Waals surface area contributed by atoms with Gasteiger partial charge in [0.2, 0.25) is 17.7 Å². The van der Waals surface area contributed by atoms with Crippen LogP contribution < -0.4 is 21.7 Å². The molecule has 14 nitrogen and oxygen atoms in total. The van der Waals surface area contributed by atoms with E-state index in [9.17, 15) is 39.0 Å². The van der Waals surface area contributed by atoms with Crippen LogP contribution in [-0.2, 0) is 39.9 Å². The average molecular weight is 731 g/mol. The van der Waals surface area contributed by atoms with Gasteiger partial charge in [0.15, 0.2) is 12.2 Å². The summed E-state index contributed by atoms with van der Waals surface area (Å²) in [5.74, 6) is -3.57. The topological polar surface area (TPSA) is 223 Å². The summed E-state index contributed by atoms with van der Waals surface area (Å²) in [6.45, 7) is 8.28. The molecule has 0 saturated carbocycles. The summed E-state index contributed by atoms with van der Waals surface area (Å²) in [6.07, 6.45) is 4.37. The number of carbonyl (C=O) groups excluding carboxylic acids is 6. The highest BCUT2D eigenvalue weighted by Gasteiger charge is 2.45. The van der Waals surface area contributed by atoms with Crippen LogP contribution in [0.5, 0.6) is 5.75 Å². The third-order valence-corrected chi connectivity index (χ3v) is 9.85. The highest BCUT2D eigenvalue weighted by Crippen LogP contribution is 2.30. The maximum absolute atomic E-state index is 13.4. The molecule has 2 heterocycles. The second kappa shape index (κ2) is 20.7. The Bertz CT molecular complexity index is 1400. The zero-order valence-electron chi connectivity index (χ0n) is 31.0. The van der Waals surface area contributed by atoms with Gasteiger partial charge in [0.05, 0.1) is 18.5 Å². The molecular weight excluding hydrogens is 672 g/mol. The van der Waals surface area contributed by atoms with Crippen molar-refractivity contribution in [3.8, 4) is 5.75 Å². The minimum atomic E-state index is -1.91. The van der Waals surface area contributed by atoms with E-state index < -0.39 is 66.1 Å². The lowest BCUT2D eigenvalue weighted by Gasteiger charge is -2.34. The van der Waals surface area contributed by atoms with E-state index in [2.05, 4.69) is 29.8 Å². The van der Waals surface area contributed by atoms with E-state index in [1.807, 2.05) is 13.8 Å². The van der Waals surface area contributed by atoms with Crippen LogP contribution >= 0.6 is 0 Å². The van der Waals surface area contributed by atoms with E-state index in [0.29, 0.717) is 18.4 Å². The molecule has 7 unspecified atom stereocenters. The Morgan fingerprint density at radius 1 is 0.904 bits per heavy atom. The van der Waals surface area contributed by atoms with E-state index in [-0.39, 0.29) is 55.2 Å². The molecule has 52 heavy (non-hydrogen) atoms. The fraction of sp³-hybridized carbons (Fsp3) is 0.684. The number of amides is 4. The Labute approximate surface area is 306 Å². The lowest BCUT2D eigenvalue weighted by molar-refractivity contribution is -0.151. The lowest BCUT2D eigenvalue weighted by Crippen LogP contribution is -2.57. The van der Waals surface area contributed by atoms with Crippen molar-refractivity contribution in [3.63, 3.8) is 0 Å². The molecule has 2 aliphatic rings. The van der Waals surface area contributed by atoms with Crippen molar-refractivity contribution in [2.75, 3.05) is 0 Å². The van der Waals surface area contributed by atoms with E-state index in [0.717, 1.165) is 31.6 Å². The minimum Gasteiger partial charge on any atom is -0.507 e. The van der Waals surface area contributed by atoms with E-state index in [1.165, 1.54) is 25.3 Å². The van der Waals surface area contributed by atoms with Crippen molar-refractivity contribution in [2.45, 2.75) is 154 Å². The smallest absolute Gasteiger partial charge is 0.342 e. The van der Waals surface area contributed by atoms with Gasteiger partial charge in [0.25, 0.3) is 5.91 Å². The molecule has 1 aromatic rings. The van der Waals surface area contributed by atoms with Crippen LogP contribution in [0.15, 0.2) is 18.2 Å². The number of hydrogen-bond acceptors (Lipinski definition) is 10. The van der Waals surface area contributed by atoms with Crippen LogP contribution in [0.1, 0.15) is 127 Å². The van der Waals surface area contributed by atoms with Crippen molar-refractivity contribution < 1.29 is 48.5 Å². The first kappa shape index (κ1) is 42.2. The molecule has 14 heteroatoms. The molecule has 290 valence electrons. The summed E-state index contributed by atoms with van der Waals surface area (Å²) in [5, 5.41) is 29.3. The Balaban J connectivity index is 1.59. The molecule has 1 saturated heterocycles. The quantitative estimate of drug-likeness (QED) is 0.0756. The first-order valence-electron chi connectivity index (χ1n) is 18.8. The summed E-state index contributed by atoms with van der Waals surface area (Å²) in [4.78, 5) is 76.3. The number of unbranched alkanes of at least 4 members (excludes halogenated alkanes) is 5. The van der Waals surface area contributed by atoms with Crippen LogP contribution in [-0.4, -0.2) is 82.2 Å². The molecule has 0 spiro atoms. The molecule has 0 aliphatic carbocycles. The molecule has 0 radical (unpaired) electrons. The number of aliphatic hydroxyl groups is 1. The van der Waals surface area contributed by atoms with Crippen LogP contribution in [0.3, 0.4) is 0 Å². The Kier molecular flexibility index (Phi) is 16.8. The summed E-state index contributed by atoms with van der Waals surface area (Å²) in [7, 11) is 0. The average Bonchev–Trinajstić information content (AvgIpc) is 3.45. The maximum Gasteiger partial charge on any atom is 0.342 e. The van der Waals surface area contributed by atoms with E-state index >= 15 is 0 Å². The minimum absolute atomic E-state index is 0.0416. The van der Waals surface area contributed by atoms with Gasteiger partial charge in [0, 0.05) is 19.3 Å². The number of aliphatic hydroxyl groups excluding tert-OH is 1. The second-order valence-corrected chi connectivity index (χ2v) is 14.7. The van der Waals surface area contributed by atoms with E-state index in [1.54, 1.807) is 12.1 Å². The van der Waals surface area contributed by atoms with Gasteiger partial charge in [-0.2, -0.15) is 0 Å². The first-order valence-corrected chi connectivity index (χ1v) is 18.8. The molecule has 1 fully saturated rings. The zero-order valence-corrected chi connectivity index (χ0v) is 31.0. The number of ether oxygens (including phenoxy) is 2. The largest absolute Gasteiger partial charge is 0.507 e. The van der Waals surface area contributed by atoms with Gasteiger partial charge < -0.3 is 41.4 Å². The molecule has 2 aliphatic heterocycles. The number of phenols is 1. The van der Waals surface area contributed by atoms with Gasteiger partial charge in [-0.15, -0.1) is 0 Å². The standard InChI is InChI=1S/C38H58N4O10/c1-5-23(4)13-10-8-6-7-9-11-16-31(45)40-25(17-18-30(39)44)36(48)42-27-21-32(46)52-35(27)34(47)37(49)41-26(19-22(2)3)29-20-24-14-12-15-28(43)33(24)38(50)51-29/h12,14-15,22-23,25-27,29,34-35,43,47H,5-11,13,16-21H2,1-4H3,(H2,39,44)(H,40,45)(H,41,49)(H,42,48). The molecule has 4 amide bonds. The Hall–Kier alpha value is -4.20. The fourth-order valence-electron chi connectivity index (χ4n) is 6.69. The van der Waals surface area contributed by atoms with Crippen molar-refractivity contribution in [1.82, 2.24) is 16.0 Å². The summed E-state index contributed by atoms with van der Waals surface area (Å²) >= 11 is 0. The SMILES string of the molecule is CCC(C)CCCCCCCCC(=O)NC(CCC(N)=O)C(=O)NC1CC(=O)OC1C(O)C(=O)NC(CC(C)C)C1Cc2cccc(O)c2C(=O)O1. The number of cyclic esters (lactones) is 2. The predicted molar refractivity (Wildman–Crippen MR) is 192 cm³/mol. The molecular formula is C38H58N4O10. The molecule has 3 rings (SSSR count). The van der Waals surface area contributed by atoms with Gasteiger partial charge in [-0.1, -0.05) is 84.8 Å². The number of fused-ring (bicyclic) bond motifs is 1. The van der Waals surface area contributed by atoms with Crippen LogP contribution in [0.25, 0.3) is 0 Å². The molecule has 7 N–H and O–H groups in total. The summed E-state index contributed by atoms with van der Waals surface area (Å²) < 4.78 is 10.9. The van der Waals surface area contributed by atoms with E-state index in [4.69, 9.17) is 15.2 Å². The van der Waals surface area contributed by atoms with Gasteiger partial charge in [-0.3, -0.25) is 24.0 Å². The third kappa shape index (κ3) is 13.1. The predicted octanol–water partition coefficient (Wildman–Crippen LogP) is 3.08. The van der Waals surface area contributed by atoms with Gasteiger partial charge >= 0.3 is 11.9 Å². The third-order valence-electron chi connectivity index (χ3n) is 9.85. The zero-order chi connectivity index (χ0) is 38.4. The summed E-state index contributed by atoms with van der Waals surface area (Å²) in [5.41, 5.74) is 5.94. The number of rotatable bonds is 22. The Morgan fingerprint density at radius 3 is 2.27 bits per heavy atom. The number of primary amides is 1. The lowest BCUT2D eigenvalue weighted by atomic mass is 9.90. The number of benzene rings is 1.